The summed E-state index contributed by atoms with van der Waals surface area (Å²) in [5, 5.41) is 0. The summed E-state index contributed by atoms with van der Waals surface area (Å²) in [6, 6.07) is 0. The van der Waals surface area contributed by atoms with Crippen LogP contribution in [0, 0.1) is 0 Å². The Morgan fingerprint density at radius 2 is 1.50 bits per heavy atom. The van der Waals surface area contributed by atoms with Crippen LogP contribution in [0.5, 0.6) is 0 Å². The average molecular weight is 190 g/mol. The molecular weight excluding hydrogens is 181 g/mol. The number of hydrogen-bond donors (Lipinski definition) is 2. The molecule has 0 saturated heterocycles. The molecule has 0 aliphatic heterocycles. The van der Waals surface area contributed by atoms with Gasteiger partial charge in [0.05, 0.1) is 0 Å². The van der Waals surface area contributed by atoms with Crippen molar-refractivity contribution in [3.05, 3.63) is 0 Å². The van der Waals surface area contributed by atoms with Crippen LogP contribution >= 0.6 is 7.60 Å². The molecule has 0 radical (unpaired) electrons. The van der Waals surface area contributed by atoms with Gasteiger partial charge in [-0.2, -0.15) is 0 Å². The van der Waals surface area contributed by atoms with E-state index < -0.39 is 7.60 Å². The Balaban J connectivity index is -0.000000125. The Labute approximate surface area is 134 Å². The van der Waals surface area contributed by atoms with Crippen LogP contribution in [0.25, 0.3) is 0 Å². The van der Waals surface area contributed by atoms with Crippen molar-refractivity contribution >= 4 is 110 Å². The van der Waals surface area contributed by atoms with Gasteiger partial charge < -0.3 is 9.79 Å². The topological polar surface area (TPSA) is 57.5 Å². The van der Waals surface area contributed by atoms with E-state index in [9.17, 15) is 4.57 Å². The van der Waals surface area contributed by atoms with Gasteiger partial charge in [-0.05, 0) is 0 Å². The van der Waals surface area contributed by atoms with E-state index in [4.69, 9.17) is 9.79 Å². The van der Waals surface area contributed by atoms with Gasteiger partial charge in [0.2, 0.25) is 0 Å². The zero-order valence-corrected chi connectivity index (χ0v) is 4.35. The van der Waals surface area contributed by atoms with Gasteiger partial charge in [0.25, 0.3) is 0 Å². The fourth-order valence-corrected chi connectivity index (χ4v) is 0. The van der Waals surface area contributed by atoms with Gasteiger partial charge in [0.15, 0.2) is 0 Å². The minimum atomic E-state index is -3.65. The van der Waals surface area contributed by atoms with Gasteiger partial charge in [-0.25, -0.2) is 0 Å². The van der Waals surface area contributed by atoms with Crippen LogP contribution in [-0.4, -0.2) is 119 Å². The van der Waals surface area contributed by atoms with E-state index >= 15 is 0 Å². The van der Waals surface area contributed by atoms with E-state index in [-0.39, 0.29) is 109 Å². The molecule has 42 valence electrons. The van der Waals surface area contributed by atoms with Gasteiger partial charge in [-0.3, -0.25) is 4.57 Å². The molecule has 0 bridgehead atoms. The molecule has 0 aliphatic rings. The van der Waals surface area contributed by atoms with Crippen molar-refractivity contribution in [3.8, 4) is 0 Å². The molecule has 0 rings (SSSR count). The van der Waals surface area contributed by atoms with Crippen molar-refractivity contribution in [1.82, 2.24) is 0 Å². The average Bonchev–Trinajstić information content (AvgIpc) is 1.35. The Morgan fingerprint density at radius 1 is 1.38 bits per heavy atom. The molecule has 0 aromatic heterocycles. The van der Waals surface area contributed by atoms with Gasteiger partial charge in [0, 0.05) is 6.16 Å². The summed E-state index contributed by atoms with van der Waals surface area (Å²) in [7, 11) is -3.65. The summed E-state index contributed by atoms with van der Waals surface area (Å²) in [4.78, 5) is 15.9. The Hall–Kier alpha value is 3.42. The Kier molecular flexibility index (Phi) is 18.6. The third-order valence-electron chi connectivity index (χ3n) is 0.412. The van der Waals surface area contributed by atoms with Crippen LogP contribution in [0.4, 0.5) is 0 Å². The molecule has 0 saturated carbocycles. The zero-order chi connectivity index (χ0) is 5.21. The summed E-state index contributed by atoms with van der Waals surface area (Å²) >= 11 is 0. The van der Waals surface area contributed by atoms with Gasteiger partial charge in [-0.1, -0.05) is 6.92 Å². The number of hydrogen-bond acceptors (Lipinski definition) is 1. The fourth-order valence-electron chi connectivity index (χ4n) is 0. The van der Waals surface area contributed by atoms with Gasteiger partial charge in [-0.15, -0.1) is 0 Å². The molecule has 0 amide bonds. The summed E-state index contributed by atoms with van der Waals surface area (Å²) in [5.41, 5.74) is 0. The molecule has 2 N–H and O–H groups in total. The van der Waals surface area contributed by atoms with Crippen LogP contribution < -0.4 is 0 Å². The zero-order valence-electron chi connectivity index (χ0n) is 3.46. The standard InChI is InChI=1S/C2H7O3P.2K.2H/c1-2-6(3,4)5;;;;/h2H2,1H3,(H2,3,4,5);;;;. The second-order valence-corrected chi connectivity index (χ2v) is 2.94. The van der Waals surface area contributed by atoms with E-state index in [0.29, 0.717) is 0 Å². The Morgan fingerprint density at radius 3 is 1.50 bits per heavy atom. The molecule has 3 nitrogen and oxygen atoms in total. The van der Waals surface area contributed by atoms with Crippen LogP contribution in [0.3, 0.4) is 0 Å². The fraction of sp³-hybridized carbons (Fsp3) is 1.00. The van der Waals surface area contributed by atoms with Crippen molar-refractivity contribution in [2.75, 3.05) is 6.16 Å². The van der Waals surface area contributed by atoms with E-state index in [2.05, 4.69) is 0 Å². The first-order valence-electron chi connectivity index (χ1n) is 1.61. The minimum absolute atomic E-state index is 0. The first-order valence-corrected chi connectivity index (χ1v) is 3.40. The second-order valence-electron chi connectivity index (χ2n) is 0.981. The maximum atomic E-state index is 9.69. The first-order chi connectivity index (χ1) is 2.56. The molecular formula is C2H9K2O3P. The first kappa shape index (κ1) is 17.5. The van der Waals surface area contributed by atoms with Gasteiger partial charge >= 0.3 is 110 Å². The van der Waals surface area contributed by atoms with Crippen LogP contribution in [-0.2, 0) is 4.57 Å². The monoisotopic (exact) mass is 190 g/mol. The molecule has 0 atom stereocenters. The van der Waals surface area contributed by atoms with Crippen LogP contribution in [0.1, 0.15) is 6.92 Å². The van der Waals surface area contributed by atoms with Crippen LogP contribution in [0.15, 0.2) is 0 Å². The normalized spacial score (nSPS) is 8.88. The molecule has 0 fully saturated rings. The summed E-state index contributed by atoms with van der Waals surface area (Å²) in [6.45, 7) is 1.45. The predicted molar refractivity (Wildman–Crippen MR) is 36.9 cm³/mol. The van der Waals surface area contributed by atoms with E-state index in [1.54, 1.807) is 0 Å². The molecule has 0 aromatic carbocycles. The van der Waals surface area contributed by atoms with Crippen molar-refractivity contribution in [2.45, 2.75) is 6.92 Å². The van der Waals surface area contributed by atoms with E-state index in [1.807, 2.05) is 0 Å². The van der Waals surface area contributed by atoms with Crippen molar-refractivity contribution in [3.63, 3.8) is 0 Å². The molecule has 0 unspecified atom stereocenters. The molecule has 0 aromatic rings. The maximum absolute atomic E-state index is 9.69. The third-order valence-corrected chi connectivity index (χ3v) is 1.24. The summed E-state index contributed by atoms with van der Waals surface area (Å²) < 4.78 is 9.69. The van der Waals surface area contributed by atoms with Crippen molar-refractivity contribution in [2.24, 2.45) is 0 Å². The van der Waals surface area contributed by atoms with E-state index in [1.165, 1.54) is 6.92 Å². The van der Waals surface area contributed by atoms with Crippen molar-refractivity contribution < 1.29 is 14.4 Å². The molecule has 0 aliphatic carbocycles. The molecule has 8 heavy (non-hydrogen) atoms. The SMILES string of the molecule is CCP(=O)(O)O.[KH].[KH]. The molecule has 0 spiro atoms. The summed E-state index contributed by atoms with van der Waals surface area (Å²) in [6.07, 6.45) is -0.0625. The van der Waals surface area contributed by atoms with E-state index in [0.717, 1.165) is 0 Å². The quantitative estimate of drug-likeness (QED) is 0.407. The second kappa shape index (κ2) is 8.52. The van der Waals surface area contributed by atoms with Crippen LogP contribution in [0.2, 0.25) is 0 Å². The van der Waals surface area contributed by atoms with Crippen molar-refractivity contribution in [1.29, 1.82) is 0 Å². The van der Waals surface area contributed by atoms with Gasteiger partial charge in [0.1, 0.15) is 0 Å². The predicted octanol–water partition coefficient (Wildman–Crippen LogP) is -1.11. The number of rotatable bonds is 1. The molecule has 0 heterocycles. The third kappa shape index (κ3) is 16.2. The summed E-state index contributed by atoms with van der Waals surface area (Å²) in [5.74, 6) is 0. The Bertz CT molecular complexity index is 79.4. The molecule has 6 heteroatoms.